The Labute approximate surface area is 149 Å². The molecule has 0 spiro atoms. The third kappa shape index (κ3) is 3.66. The summed E-state index contributed by atoms with van der Waals surface area (Å²) < 4.78 is 0. The summed E-state index contributed by atoms with van der Waals surface area (Å²) in [7, 11) is 0. The van der Waals surface area contributed by atoms with Crippen molar-refractivity contribution in [3.63, 3.8) is 0 Å². The van der Waals surface area contributed by atoms with E-state index in [9.17, 15) is 0 Å². The van der Waals surface area contributed by atoms with Crippen LogP contribution < -0.4 is 0 Å². The summed E-state index contributed by atoms with van der Waals surface area (Å²) in [6.45, 7) is 3.91. The minimum atomic E-state index is 0.585. The first-order valence-electron chi connectivity index (χ1n) is 6.95. The van der Waals surface area contributed by atoms with Crippen LogP contribution in [-0.2, 0) is 0 Å². The van der Waals surface area contributed by atoms with Gasteiger partial charge in [0.25, 0.3) is 0 Å². The first-order valence-corrected chi connectivity index (χ1v) is 8.52. The van der Waals surface area contributed by atoms with Gasteiger partial charge in [0.05, 0.1) is 20.6 Å². The number of nitrogens with zero attached hydrogens (tertiary/aromatic N) is 3. The molecule has 116 valence electrons. The van der Waals surface area contributed by atoms with Gasteiger partial charge in [0.2, 0.25) is 0 Å². The maximum Gasteiger partial charge on any atom is 0.182 e. The van der Waals surface area contributed by atoms with Crippen LogP contribution in [-0.4, -0.2) is 15.2 Å². The van der Waals surface area contributed by atoms with Crippen molar-refractivity contribution in [2.75, 3.05) is 0 Å². The normalized spacial score (nSPS) is 10.8. The molecule has 1 aromatic heterocycles. The number of hydrogen-bond donors (Lipinski definition) is 0. The lowest BCUT2D eigenvalue weighted by atomic mass is 10.1. The molecule has 0 atom stereocenters. The molecule has 3 nitrogen and oxygen atoms in total. The molecule has 3 aromatic rings. The van der Waals surface area contributed by atoms with Crippen molar-refractivity contribution in [3.05, 3.63) is 63.8 Å². The van der Waals surface area contributed by atoms with E-state index in [1.54, 1.807) is 12.1 Å². The summed E-state index contributed by atoms with van der Waals surface area (Å²) in [5, 5.41) is 10.3. The fraction of sp³-hybridized carbons (Fsp3) is 0.118. The van der Waals surface area contributed by atoms with Crippen molar-refractivity contribution in [2.24, 2.45) is 0 Å². The van der Waals surface area contributed by atoms with Gasteiger partial charge in [-0.05, 0) is 26.0 Å². The molecule has 0 amide bonds. The van der Waals surface area contributed by atoms with Gasteiger partial charge in [-0.3, -0.25) is 0 Å². The molecule has 0 aliphatic carbocycles. The Kier molecular flexibility index (Phi) is 4.85. The second-order valence-corrected chi connectivity index (χ2v) is 6.86. The Hall–Kier alpha value is -1.62. The number of halogens is 2. The molecule has 23 heavy (non-hydrogen) atoms. The van der Waals surface area contributed by atoms with E-state index in [0.29, 0.717) is 15.9 Å². The predicted octanol–water partition coefficient (Wildman–Crippen LogP) is 5.61. The first kappa shape index (κ1) is 16.2. The Morgan fingerprint density at radius 3 is 2.17 bits per heavy atom. The lowest BCUT2D eigenvalue weighted by molar-refractivity contribution is 0.866. The molecule has 2 aromatic carbocycles. The van der Waals surface area contributed by atoms with Gasteiger partial charge in [-0.15, -0.1) is 5.10 Å². The molecule has 0 aliphatic rings. The van der Waals surface area contributed by atoms with Crippen LogP contribution in [0, 0.1) is 13.8 Å². The van der Waals surface area contributed by atoms with Crippen LogP contribution in [0.1, 0.15) is 11.3 Å². The van der Waals surface area contributed by atoms with Crippen molar-refractivity contribution in [2.45, 2.75) is 23.8 Å². The quantitative estimate of drug-likeness (QED) is 0.607. The summed E-state index contributed by atoms with van der Waals surface area (Å²) in [6.07, 6.45) is 0. The first-order chi connectivity index (χ1) is 11.0. The van der Waals surface area contributed by atoms with Crippen molar-refractivity contribution in [3.8, 4) is 11.4 Å². The third-order valence-corrected chi connectivity index (χ3v) is 5.32. The van der Waals surface area contributed by atoms with Crippen molar-refractivity contribution in [1.29, 1.82) is 0 Å². The predicted molar refractivity (Wildman–Crippen MR) is 95.3 cm³/mol. The number of hydrogen-bond acceptors (Lipinski definition) is 4. The van der Waals surface area contributed by atoms with E-state index in [1.165, 1.54) is 17.3 Å². The molecule has 0 unspecified atom stereocenters. The summed E-state index contributed by atoms with van der Waals surface area (Å²) >= 11 is 13.9. The van der Waals surface area contributed by atoms with E-state index in [0.717, 1.165) is 21.2 Å². The van der Waals surface area contributed by atoms with Crippen molar-refractivity contribution in [1.82, 2.24) is 15.2 Å². The highest BCUT2D eigenvalue weighted by atomic mass is 35.5. The third-order valence-electron chi connectivity index (χ3n) is 3.24. The van der Waals surface area contributed by atoms with Gasteiger partial charge in [-0.2, -0.15) is 5.10 Å². The van der Waals surface area contributed by atoms with Crippen LogP contribution in [0.25, 0.3) is 11.4 Å². The van der Waals surface area contributed by atoms with Crippen LogP contribution in [0.5, 0.6) is 0 Å². The number of aromatic nitrogens is 3. The Morgan fingerprint density at radius 1 is 0.870 bits per heavy atom. The number of aryl methyl sites for hydroxylation is 2. The summed E-state index contributed by atoms with van der Waals surface area (Å²) in [4.78, 5) is 5.39. The molecule has 0 radical (unpaired) electrons. The zero-order valence-corrected chi connectivity index (χ0v) is 14.9. The molecule has 0 N–H and O–H groups in total. The van der Waals surface area contributed by atoms with Crippen LogP contribution in [0.15, 0.2) is 52.4 Å². The maximum atomic E-state index is 6.24. The number of rotatable bonds is 3. The molecule has 6 heteroatoms. The monoisotopic (exact) mass is 361 g/mol. The van der Waals surface area contributed by atoms with Crippen molar-refractivity contribution < 1.29 is 0 Å². The lowest BCUT2D eigenvalue weighted by Gasteiger charge is -2.08. The zero-order valence-electron chi connectivity index (χ0n) is 12.5. The minimum absolute atomic E-state index is 0.585. The number of benzene rings is 2. The van der Waals surface area contributed by atoms with E-state index >= 15 is 0 Å². The maximum absolute atomic E-state index is 6.24. The fourth-order valence-electron chi connectivity index (χ4n) is 1.96. The average molecular weight is 362 g/mol. The summed E-state index contributed by atoms with van der Waals surface area (Å²) in [5.74, 6) is 0.585. The standard InChI is InChI=1S/C17H13Cl2N3S/c1-10-6-8-12(9-7-10)16-20-17(11(2)21-22-16)23-15-13(18)4-3-5-14(15)19/h3-9H,1-2H3. The summed E-state index contributed by atoms with van der Waals surface area (Å²) in [6, 6.07) is 13.4. The van der Waals surface area contributed by atoms with Crippen LogP contribution in [0.3, 0.4) is 0 Å². The van der Waals surface area contributed by atoms with Crippen LogP contribution >= 0.6 is 35.0 Å². The van der Waals surface area contributed by atoms with E-state index in [-0.39, 0.29) is 0 Å². The average Bonchev–Trinajstić information content (AvgIpc) is 2.53. The molecule has 0 fully saturated rings. The highest BCUT2D eigenvalue weighted by Crippen LogP contribution is 2.38. The largest absolute Gasteiger partial charge is 0.218 e. The molecule has 0 saturated carbocycles. The topological polar surface area (TPSA) is 38.7 Å². The van der Waals surface area contributed by atoms with Gasteiger partial charge in [-0.1, -0.05) is 70.9 Å². The van der Waals surface area contributed by atoms with Gasteiger partial charge in [-0.25, -0.2) is 4.98 Å². The molecular weight excluding hydrogens is 349 g/mol. The Balaban J connectivity index is 2.00. The molecule has 3 rings (SSSR count). The highest BCUT2D eigenvalue weighted by molar-refractivity contribution is 7.99. The van der Waals surface area contributed by atoms with Gasteiger partial charge < -0.3 is 0 Å². The molecule has 0 saturated heterocycles. The molecule has 1 heterocycles. The molecular formula is C17H13Cl2N3S. The van der Waals surface area contributed by atoms with E-state index in [1.807, 2.05) is 44.2 Å². The smallest absolute Gasteiger partial charge is 0.182 e. The SMILES string of the molecule is Cc1ccc(-c2nnc(C)c(Sc3c(Cl)cccc3Cl)n2)cc1. The molecule has 0 bridgehead atoms. The van der Waals surface area contributed by atoms with Gasteiger partial charge in [0.1, 0.15) is 5.03 Å². The Bertz CT molecular complexity index is 831. The van der Waals surface area contributed by atoms with Gasteiger partial charge in [0, 0.05) is 5.56 Å². The van der Waals surface area contributed by atoms with E-state index in [4.69, 9.17) is 23.2 Å². The summed E-state index contributed by atoms with van der Waals surface area (Å²) in [5.41, 5.74) is 2.85. The molecule has 0 aliphatic heterocycles. The van der Waals surface area contributed by atoms with Crippen molar-refractivity contribution >= 4 is 35.0 Å². The zero-order chi connectivity index (χ0) is 16.4. The highest BCUT2D eigenvalue weighted by Gasteiger charge is 2.13. The van der Waals surface area contributed by atoms with E-state index < -0.39 is 0 Å². The fourth-order valence-corrected chi connectivity index (χ4v) is 3.44. The second-order valence-electron chi connectivity index (χ2n) is 5.04. The van der Waals surface area contributed by atoms with Gasteiger partial charge >= 0.3 is 0 Å². The Morgan fingerprint density at radius 2 is 1.52 bits per heavy atom. The van der Waals surface area contributed by atoms with Gasteiger partial charge in [0.15, 0.2) is 5.82 Å². The second kappa shape index (κ2) is 6.87. The van der Waals surface area contributed by atoms with E-state index in [2.05, 4.69) is 15.2 Å². The lowest BCUT2D eigenvalue weighted by Crippen LogP contribution is -1.98. The van der Waals surface area contributed by atoms with Crippen LogP contribution in [0.4, 0.5) is 0 Å². The van der Waals surface area contributed by atoms with Crippen LogP contribution in [0.2, 0.25) is 10.0 Å². The minimum Gasteiger partial charge on any atom is -0.218 e.